The van der Waals surface area contributed by atoms with E-state index >= 15 is 0 Å². The molecule has 4 nitrogen and oxygen atoms in total. The number of nitrogens with one attached hydrogen (secondary N) is 2. The Labute approximate surface area is 95.2 Å². The molecule has 1 fully saturated rings. The van der Waals surface area contributed by atoms with Crippen LogP contribution in [-0.2, 0) is 4.79 Å². The molecule has 1 atom stereocenters. The molecule has 4 N–H and O–H groups in total. The van der Waals surface area contributed by atoms with Gasteiger partial charge in [-0.3, -0.25) is 4.79 Å². The molecule has 1 heterocycles. The maximum atomic E-state index is 11.5. The van der Waals surface area contributed by atoms with Crippen LogP contribution in [0.5, 0.6) is 0 Å². The lowest BCUT2D eigenvalue weighted by molar-refractivity contribution is -0.123. The van der Waals surface area contributed by atoms with E-state index in [0.29, 0.717) is 0 Å². The van der Waals surface area contributed by atoms with Gasteiger partial charge in [-0.25, -0.2) is 0 Å². The fourth-order valence-corrected chi connectivity index (χ4v) is 1.84. The van der Waals surface area contributed by atoms with Crippen molar-refractivity contribution < 1.29 is 4.79 Å². The van der Waals surface area contributed by atoms with E-state index in [1.165, 1.54) is 0 Å². The summed E-state index contributed by atoms with van der Waals surface area (Å²) in [4.78, 5) is 11.5. The SMILES string of the molecule is Cc1ccc(NC2CCCNC2=O)cc1N. The van der Waals surface area contributed by atoms with Crippen LogP contribution in [0.2, 0.25) is 0 Å². The Morgan fingerprint density at radius 2 is 2.31 bits per heavy atom. The highest BCUT2D eigenvalue weighted by Gasteiger charge is 2.21. The molecule has 0 bridgehead atoms. The zero-order chi connectivity index (χ0) is 11.5. The number of carbonyl (C=O) groups excluding carboxylic acids is 1. The lowest BCUT2D eigenvalue weighted by atomic mass is 10.1. The van der Waals surface area contributed by atoms with E-state index < -0.39 is 0 Å². The fraction of sp³-hybridized carbons (Fsp3) is 0.417. The number of nitrogens with two attached hydrogens (primary N) is 1. The van der Waals surface area contributed by atoms with Gasteiger partial charge in [0.05, 0.1) is 0 Å². The van der Waals surface area contributed by atoms with Crippen LogP contribution in [0.1, 0.15) is 18.4 Å². The third-order valence-electron chi connectivity index (χ3n) is 2.91. The highest BCUT2D eigenvalue weighted by atomic mass is 16.2. The quantitative estimate of drug-likeness (QED) is 0.656. The van der Waals surface area contributed by atoms with Crippen molar-refractivity contribution in [3.63, 3.8) is 0 Å². The maximum absolute atomic E-state index is 11.5. The molecule has 0 aromatic heterocycles. The van der Waals surface area contributed by atoms with Gasteiger partial charge in [0.1, 0.15) is 6.04 Å². The van der Waals surface area contributed by atoms with Crippen molar-refractivity contribution in [3.8, 4) is 0 Å². The second-order valence-corrected chi connectivity index (χ2v) is 4.20. The number of benzene rings is 1. The number of amides is 1. The Kier molecular flexibility index (Phi) is 2.99. The Hall–Kier alpha value is -1.71. The van der Waals surface area contributed by atoms with Crippen LogP contribution in [-0.4, -0.2) is 18.5 Å². The summed E-state index contributed by atoms with van der Waals surface area (Å²) in [5.74, 6) is 0.0744. The maximum Gasteiger partial charge on any atom is 0.242 e. The van der Waals surface area contributed by atoms with Gasteiger partial charge in [-0.05, 0) is 37.5 Å². The molecule has 0 saturated carbocycles. The number of piperidine rings is 1. The Morgan fingerprint density at radius 1 is 1.50 bits per heavy atom. The zero-order valence-corrected chi connectivity index (χ0v) is 9.42. The van der Waals surface area contributed by atoms with E-state index in [1.54, 1.807) is 0 Å². The lowest BCUT2D eigenvalue weighted by Gasteiger charge is -2.23. The van der Waals surface area contributed by atoms with Gasteiger partial charge in [-0.15, -0.1) is 0 Å². The van der Waals surface area contributed by atoms with Crippen molar-refractivity contribution in [1.82, 2.24) is 5.32 Å². The van der Waals surface area contributed by atoms with Gasteiger partial charge in [0.2, 0.25) is 5.91 Å². The first-order valence-corrected chi connectivity index (χ1v) is 5.57. The summed E-state index contributed by atoms with van der Waals surface area (Å²) < 4.78 is 0. The van der Waals surface area contributed by atoms with Crippen LogP contribution in [0.15, 0.2) is 18.2 Å². The lowest BCUT2D eigenvalue weighted by Crippen LogP contribution is -2.44. The Bertz CT molecular complexity index is 403. The van der Waals surface area contributed by atoms with Crippen molar-refractivity contribution in [3.05, 3.63) is 23.8 Å². The Morgan fingerprint density at radius 3 is 3.00 bits per heavy atom. The van der Waals surface area contributed by atoms with E-state index in [-0.39, 0.29) is 11.9 Å². The predicted octanol–water partition coefficient (Wildman–Crippen LogP) is 1.27. The van der Waals surface area contributed by atoms with Crippen LogP contribution in [0.4, 0.5) is 11.4 Å². The van der Waals surface area contributed by atoms with Crippen LogP contribution in [0, 0.1) is 6.92 Å². The van der Waals surface area contributed by atoms with Crippen molar-refractivity contribution >= 4 is 17.3 Å². The van der Waals surface area contributed by atoms with Gasteiger partial charge in [0.25, 0.3) is 0 Å². The topological polar surface area (TPSA) is 67.1 Å². The highest BCUT2D eigenvalue weighted by Crippen LogP contribution is 2.19. The van der Waals surface area contributed by atoms with Crippen LogP contribution in [0.3, 0.4) is 0 Å². The molecule has 2 rings (SSSR count). The molecule has 1 unspecified atom stereocenters. The number of hydrogen-bond acceptors (Lipinski definition) is 3. The summed E-state index contributed by atoms with van der Waals surface area (Å²) in [5.41, 5.74) is 8.53. The van der Waals surface area contributed by atoms with Gasteiger partial charge in [-0.2, -0.15) is 0 Å². The average Bonchev–Trinajstić information content (AvgIpc) is 2.27. The number of anilines is 2. The molecule has 1 aromatic carbocycles. The fourth-order valence-electron chi connectivity index (χ4n) is 1.84. The second-order valence-electron chi connectivity index (χ2n) is 4.20. The molecule has 0 spiro atoms. The molecule has 1 aliphatic rings. The molecule has 0 radical (unpaired) electrons. The number of nitrogen functional groups attached to an aromatic ring is 1. The third-order valence-corrected chi connectivity index (χ3v) is 2.91. The van der Waals surface area contributed by atoms with Gasteiger partial charge < -0.3 is 16.4 Å². The summed E-state index contributed by atoms with van der Waals surface area (Å²) in [6.07, 6.45) is 1.89. The zero-order valence-electron chi connectivity index (χ0n) is 9.42. The van der Waals surface area contributed by atoms with E-state index in [9.17, 15) is 4.79 Å². The average molecular weight is 219 g/mol. The van der Waals surface area contributed by atoms with Gasteiger partial charge in [0, 0.05) is 17.9 Å². The predicted molar refractivity (Wildman–Crippen MR) is 65.2 cm³/mol. The molecule has 4 heteroatoms. The molecule has 1 saturated heterocycles. The third kappa shape index (κ3) is 2.27. The molecule has 1 amide bonds. The summed E-state index contributed by atoms with van der Waals surface area (Å²) >= 11 is 0. The van der Waals surface area contributed by atoms with Crippen LogP contribution < -0.4 is 16.4 Å². The second kappa shape index (κ2) is 4.43. The van der Waals surface area contributed by atoms with Gasteiger partial charge >= 0.3 is 0 Å². The number of carbonyl (C=O) groups is 1. The molecule has 1 aromatic rings. The first-order chi connectivity index (χ1) is 7.66. The summed E-state index contributed by atoms with van der Waals surface area (Å²) in [6.45, 7) is 2.75. The number of rotatable bonds is 2. The smallest absolute Gasteiger partial charge is 0.242 e. The minimum absolute atomic E-state index is 0.0744. The van der Waals surface area contributed by atoms with Crippen molar-refractivity contribution in [2.24, 2.45) is 0 Å². The van der Waals surface area contributed by atoms with E-state index in [0.717, 1.165) is 36.3 Å². The highest BCUT2D eigenvalue weighted by molar-refractivity contribution is 5.85. The minimum atomic E-state index is -0.129. The largest absolute Gasteiger partial charge is 0.398 e. The molecular formula is C12H17N3O. The molecular weight excluding hydrogens is 202 g/mol. The molecule has 16 heavy (non-hydrogen) atoms. The normalized spacial score (nSPS) is 20.3. The summed E-state index contributed by atoms with van der Waals surface area (Å²) in [6, 6.07) is 5.65. The number of aryl methyl sites for hydroxylation is 1. The first-order valence-electron chi connectivity index (χ1n) is 5.57. The van der Waals surface area contributed by atoms with Crippen LogP contribution in [0.25, 0.3) is 0 Å². The summed E-state index contributed by atoms with van der Waals surface area (Å²) in [7, 11) is 0. The molecule has 0 aliphatic carbocycles. The van der Waals surface area contributed by atoms with E-state index in [4.69, 9.17) is 5.73 Å². The van der Waals surface area contributed by atoms with Crippen molar-refractivity contribution in [2.75, 3.05) is 17.6 Å². The first kappa shape index (κ1) is 10.8. The van der Waals surface area contributed by atoms with E-state index in [2.05, 4.69) is 10.6 Å². The standard InChI is InChI=1S/C12H17N3O/c1-8-4-5-9(7-10(8)13)15-11-3-2-6-14-12(11)16/h4-5,7,11,15H,2-3,6,13H2,1H3,(H,14,16). The van der Waals surface area contributed by atoms with Crippen molar-refractivity contribution in [1.29, 1.82) is 0 Å². The minimum Gasteiger partial charge on any atom is -0.398 e. The van der Waals surface area contributed by atoms with Crippen LogP contribution >= 0.6 is 0 Å². The molecule has 1 aliphatic heterocycles. The van der Waals surface area contributed by atoms with E-state index in [1.807, 2.05) is 25.1 Å². The summed E-state index contributed by atoms with van der Waals surface area (Å²) in [5, 5.41) is 6.05. The van der Waals surface area contributed by atoms with Gasteiger partial charge in [0.15, 0.2) is 0 Å². The monoisotopic (exact) mass is 219 g/mol. The number of hydrogen-bond donors (Lipinski definition) is 3. The van der Waals surface area contributed by atoms with Gasteiger partial charge in [-0.1, -0.05) is 6.07 Å². The Balaban J connectivity index is 2.08. The van der Waals surface area contributed by atoms with Crippen molar-refractivity contribution in [2.45, 2.75) is 25.8 Å². The molecule has 86 valence electrons.